The van der Waals surface area contributed by atoms with Gasteiger partial charge in [-0.3, -0.25) is 4.79 Å². The van der Waals surface area contributed by atoms with Crippen molar-refractivity contribution in [2.75, 3.05) is 7.11 Å². The molecule has 5 nitrogen and oxygen atoms in total. The molecule has 106 valence electrons. The van der Waals surface area contributed by atoms with E-state index in [1.54, 1.807) is 24.0 Å². The second-order valence-electron chi connectivity index (χ2n) is 4.81. The van der Waals surface area contributed by atoms with Gasteiger partial charge in [-0.15, -0.1) is 0 Å². The molecular formula is C16H15N3O2. The number of Topliss-reactive ketones (excluding diaryl/α,β-unsaturated/α-hetero) is 1. The molecule has 2 heterocycles. The van der Waals surface area contributed by atoms with Crippen LogP contribution in [0.25, 0.3) is 16.8 Å². The minimum atomic E-state index is -0.0174. The molecule has 0 aliphatic heterocycles. The highest BCUT2D eigenvalue weighted by Gasteiger charge is 2.15. The van der Waals surface area contributed by atoms with Gasteiger partial charge in [-0.25, -0.2) is 9.50 Å². The molecule has 0 bridgehead atoms. The summed E-state index contributed by atoms with van der Waals surface area (Å²) in [6.45, 7) is 3.39. The Morgan fingerprint density at radius 3 is 2.67 bits per heavy atom. The highest BCUT2D eigenvalue weighted by Crippen LogP contribution is 2.32. The van der Waals surface area contributed by atoms with Crippen LogP contribution in [0.2, 0.25) is 0 Å². The molecule has 0 unspecified atom stereocenters. The zero-order valence-electron chi connectivity index (χ0n) is 12.1. The van der Waals surface area contributed by atoms with Crippen LogP contribution in [0.1, 0.15) is 23.0 Å². The lowest BCUT2D eigenvalue weighted by molar-refractivity contribution is 0.101. The number of rotatable bonds is 3. The van der Waals surface area contributed by atoms with E-state index >= 15 is 0 Å². The lowest BCUT2D eigenvalue weighted by Gasteiger charge is -2.07. The third-order valence-electron chi connectivity index (χ3n) is 3.54. The first-order valence-electron chi connectivity index (χ1n) is 6.61. The summed E-state index contributed by atoms with van der Waals surface area (Å²) in [5.74, 6) is 0.749. The normalized spacial score (nSPS) is 10.8. The Bertz CT molecular complexity index is 837. The van der Waals surface area contributed by atoms with Gasteiger partial charge in [0.2, 0.25) is 0 Å². The monoisotopic (exact) mass is 281 g/mol. The van der Waals surface area contributed by atoms with Crippen molar-refractivity contribution in [2.45, 2.75) is 13.8 Å². The van der Waals surface area contributed by atoms with Crippen molar-refractivity contribution in [1.29, 1.82) is 0 Å². The van der Waals surface area contributed by atoms with Crippen LogP contribution in [0.3, 0.4) is 0 Å². The molecule has 0 atom stereocenters. The maximum Gasteiger partial charge on any atom is 0.163 e. The number of fused-ring (bicyclic) bond motifs is 1. The van der Waals surface area contributed by atoms with Crippen LogP contribution >= 0.6 is 0 Å². The highest BCUT2D eigenvalue weighted by atomic mass is 16.5. The molecule has 21 heavy (non-hydrogen) atoms. The van der Waals surface area contributed by atoms with Crippen LogP contribution in [0.4, 0.5) is 0 Å². The molecule has 0 spiro atoms. The van der Waals surface area contributed by atoms with Crippen molar-refractivity contribution in [3.05, 3.63) is 47.9 Å². The number of para-hydroxylation sites is 1. The van der Waals surface area contributed by atoms with Gasteiger partial charge in [-0.05, 0) is 19.9 Å². The van der Waals surface area contributed by atoms with Crippen LogP contribution in [-0.2, 0) is 0 Å². The van der Waals surface area contributed by atoms with E-state index in [0.29, 0.717) is 11.2 Å². The minimum Gasteiger partial charge on any atom is -0.496 e. The minimum absolute atomic E-state index is 0.0174. The molecule has 1 aromatic carbocycles. The number of methoxy groups -OCH3 is 1. The van der Waals surface area contributed by atoms with E-state index in [2.05, 4.69) is 10.1 Å². The van der Waals surface area contributed by atoms with Gasteiger partial charge in [0, 0.05) is 11.8 Å². The summed E-state index contributed by atoms with van der Waals surface area (Å²) in [5, 5.41) is 4.36. The summed E-state index contributed by atoms with van der Waals surface area (Å²) in [6.07, 6.45) is 3.35. The number of carbonyl (C=O) groups excluding carboxylic acids is 1. The van der Waals surface area contributed by atoms with Crippen LogP contribution in [-0.4, -0.2) is 27.5 Å². The zero-order valence-corrected chi connectivity index (χ0v) is 12.1. The second kappa shape index (κ2) is 5.01. The fraction of sp³-hybridized carbons (Fsp3) is 0.188. The Morgan fingerprint density at radius 2 is 1.95 bits per heavy atom. The molecule has 0 N–H and O–H groups in total. The summed E-state index contributed by atoms with van der Waals surface area (Å²) in [4.78, 5) is 16.0. The predicted molar refractivity (Wildman–Crippen MR) is 79.7 cm³/mol. The smallest absolute Gasteiger partial charge is 0.163 e. The maximum absolute atomic E-state index is 11.6. The van der Waals surface area contributed by atoms with Gasteiger partial charge in [0.25, 0.3) is 0 Å². The summed E-state index contributed by atoms with van der Waals surface area (Å²) in [6, 6.07) is 7.72. The summed E-state index contributed by atoms with van der Waals surface area (Å²) in [7, 11) is 1.64. The van der Waals surface area contributed by atoms with Crippen LogP contribution in [0.5, 0.6) is 5.75 Å². The van der Waals surface area contributed by atoms with Gasteiger partial charge < -0.3 is 4.74 Å². The molecule has 0 radical (unpaired) electrons. The first kappa shape index (κ1) is 13.3. The van der Waals surface area contributed by atoms with E-state index in [1.807, 2.05) is 31.2 Å². The van der Waals surface area contributed by atoms with Crippen LogP contribution in [0, 0.1) is 6.92 Å². The first-order valence-corrected chi connectivity index (χ1v) is 6.61. The largest absolute Gasteiger partial charge is 0.496 e. The molecular weight excluding hydrogens is 266 g/mol. The Morgan fingerprint density at radius 1 is 1.19 bits per heavy atom. The molecule has 0 aliphatic rings. The predicted octanol–water partition coefficient (Wildman–Crippen LogP) is 2.92. The molecule has 0 fully saturated rings. The molecule has 0 saturated heterocycles. The number of hydrogen-bond acceptors (Lipinski definition) is 4. The number of benzene rings is 1. The van der Waals surface area contributed by atoms with Crippen molar-refractivity contribution in [3.63, 3.8) is 0 Å². The number of ether oxygens (including phenoxy) is 1. The maximum atomic E-state index is 11.6. The molecule has 0 amide bonds. The molecule has 0 aliphatic carbocycles. The standard InChI is InChI=1S/C16H15N3O2/c1-10-13(11(2)20)8-17-16-14(9-18-19(10)16)12-6-4-5-7-15(12)21-3/h4-9H,1-3H3. The number of aromatic nitrogens is 3. The Labute approximate surface area is 122 Å². The summed E-state index contributed by atoms with van der Waals surface area (Å²) in [5.41, 5.74) is 3.89. The fourth-order valence-corrected chi connectivity index (χ4v) is 2.45. The van der Waals surface area contributed by atoms with Crippen LogP contribution < -0.4 is 4.74 Å². The van der Waals surface area contributed by atoms with Gasteiger partial charge in [-0.1, -0.05) is 18.2 Å². The molecule has 2 aromatic heterocycles. The molecule has 3 rings (SSSR count). The Kier molecular flexibility index (Phi) is 3.17. The summed E-state index contributed by atoms with van der Waals surface area (Å²) >= 11 is 0. The van der Waals surface area contributed by atoms with E-state index in [0.717, 1.165) is 22.6 Å². The quantitative estimate of drug-likeness (QED) is 0.693. The van der Waals surface area contributed by atoms with Gasteiger partial charge in [0.15, 0.2) is 11.4 Å². The number of nitrogens with zero attached hydrogens (tertiary/aromatic N) is 3. The van der Waals surface area contributed by atoms with E-state index < -0.39 is 0 Å². The van der Waals surface area contributed by atoms with Gasteiger partial charge >= 0.3 is 0 Å². The average Bonchev–Trinajstić information content (AvgIpc) is 2.92. The third-order valence-corrected chi connectivity index (χ3v) is 3.54. The van der Waals surface area contributed by atoms with Crippen molar-refractivity contribution in [1.82, 2.24) is 14.6 Å². The van der Waals surface area contributed by atoms with E-state index in [4.69, 9.17) is 4.74 Å². The van der Waals surface area contributed by atoms with E-state index in [1.165, 1.54) is 6.92 Å². The Hall–Kier alpha value is -2.69. The van der Waals surface area contributed by atoms with Crippen LogP contribution in [0.15, 0.2) is 36.7 Å². The van der Waals surface area contributed by atoms with Crippen molar-refractivity contribution in [2.24, 2.45) is 0 Å². The first-order chi connectivity index (χ1) is 10.1. The molecule has 5 heteroatoms. The topological polar surface area (TPSA) is 56.5 Å². The van der Waals surface area contributed by atoms with E-state index in [9.17, 15) is 4.79 Å². The Balaban J connectivity index is 2.27. The highest BCUT2D eigenvalue weighted by molar-refractivity contribution is 5.95. The lowest BCUT2D eigenvalue weighted by Crippen LogP contribution is -2.05. The van der Waals surface area contributed by atoms with Crippen molar-refractivity contribution >= 4 is 11.4 Å². The third kappa shape index (κ3) is 2.07. The number of aryl methyl sites for hydroxylation is 1. The van der Waals surface area contributed by atoms with Gasteiger partial charge in [-0.2, -0.15) is 5.10 Å². The number of ketones is 1. The molecule has 0 saturated carbocycles. The zero-order chi connectivity index (χ0) is 15.0. The van der Waals surface area contributed by atoms with Gasteiger partial charge in [0.1, 0.15) is 5.75 Å². The number of hydrogen-bond donors (Lipinski definition) is 0. The lowest BCUT2D eigenvalue weighted by atomic mass is 10.1. The fourth-order valence-electron chi connectivity index (χ4n) is 2.45. The second-order valence-corrected chi connectivity index (χ2v) is 4.81. The SMILES string of the molecule is COc1ccccc1-c1cnn2c(C)c(C(C)=O)cnc12. The average molecular weight is 281 g/mol. The van der Waals surface area contributed by atoms with E-state index in [-0.39, 0.29) is 5.78 Å². The van der Waals surface area contributed by atoms with Crippen molar-refractivity contribution < 1.29 is 9.53 Å². The summed E-state index contributed by atoms with van der Waals surface area (Å²) < 4.78 is 7.08. The molecule has 3 aromatic rings. The number of carbonyl (C=O) groups is 1. The van der Waals surface area contributed by atoms with Crippen molar-refractivity contribution in [3.8, 4) is 16.9 Å². The van der Waals surface area contributed by atoms with Gasteiger partial charge in [0.05, 0.1) is 30.1 Å².